The lowest BCUT2D eigenvalue weighted by Gasteiger charge is -2.09. The van der Waals surface area contributed by atoms with Gasteiger partial charge in [-0.2, -0.15) is 0 Å². The number of halogens is 1. The Morgan fingerprint density at radius 2 is 2.14 bits per heavy atom. The zero-order chi connectivity index (χ0) is 10.7. The molecule has 14 heavy (non-hydrogen) atoms. The van der Waals surface area contributed by atoms with Crippen LogP contribution in [-0.4, -0.2) is 17.7 Å². The van der Waals surface area contributed by atoms with Gasteiger partial charge in [0.15, 0.2) is 6.61 Å². The molecule has 0 unspecified atom stereocenters. The first-order chi connectivity index (χ1) is 6.52. The molecule has 0 spiro atoms. The van der Waals surface area contributed by atoms with Gasteiger partial charge in [-0.15, -0.1) is 0 Å². The van der Waals surface area contributed by atoms with Gasteiger partial charge in [0.05, 0.1) is 4.47 Å². The van der Waals surface area contributed by atoms with Gasteiger partial charge in [-0.25, -0.2) is 4.79 Å². The average molecular weight is 259 g/mol. The number of carbonyl (C=O) groups is 1. The van der Waals surface area contributed by atoms with Crippen molar-refractivity contribution >= 4 is 21.9 Å². The third kappa shape index (κ3) is 2.48. The van der Waals surface area contributed by atoms with E-state index in [0.717, 1.165) is 15.6 Å². The number of hydrogen-bond acceptors (Lipinski definition) is 2. The summed E-state index contributed by atoms with van der Waals surface area (Å²) in [6.45, 7) is 3.62. The Morgan fingerprint density at radius 3 is 2.71 bits per heavy atom. The van der Waals surface area contributed by atoms with Crippen molar-refractivity contribution in [2.75, 3.05) is 6.61 Å². The van der Waals surface area contributed by atoms with Crippen LogP contribution in [0, 0.1) is 13.8 Å². The predicted molar refractivity (Wildman–Crippen MR) is 56.7 cm³/mol. The number of carboxylic acids is 1. The van der Waals surface area contributed by atoms with Crippen molar-refractivity contribution in [3.63, 3.8) is 0 Å². The van der Waals surface area contributed by atoms with Gasteiger partial charge < -0.3 is 9.84 Å². The molecule has 0 fully saturated rings. The number of rotatable bonds is 3. The van der Waals surface area contributed by atoms with Crippen LogP contribution in [-0.2, 0) is 4.79 Å². The third-order valence-corrected chi connectivity index (χ3v) is 2.96. The fourth-order valence-electron chi connectivity index (χ4n) is 1.01. The molecule has 0 heterocycles. The summed E-state index contributed by atoms with van der Waals surface area (Å²) in [5.74, 6) is -0.411. The van der Waals surface area contributed by atoms with Crippen molar-refractivity contribution in [1.82, 2.24) is 0 Å². The van der Waals surface area contributed by atoms with Crippen LogP contribution in [0.1, 0.15) is 11.1 Å². The van der Waals surface area contributed by atoms with E-state index in [0.29, 0.717) is 5.75 Å². The highest BCUT2D eigenvalue weighted by molar-refractivity contribution is 9.10. The molecule has 0 aliphatic carbocycles. The molecule has 1 aromatic rings. The molecule has 4 heteroatoms. The van der Waals surface area contributed by atoms with Crippen molar-refractivity contribution in [2.45, 2.75) is 13.8 Å². The number of ether oxygens (including phenoxy) is 1. The summed E-state index contributed by atoms with van der Waals surface area (Å²) in [6.07, 6.45) is 0. The van der Waals surface area contributed by atoms with Crippen LogP contribution in [0.4, 0.5) is 0 Å². The topological polar surface area (TPSA) is 46.5 Å². The first-order valence-corrected chi connectivity index (χ1v) is 4.92. The van der Waals surface area contributed by atoms with Gasteiger partial charge in [0.2, 0.25) is 0 Å². The van der Waals surface area contributed by atoms with E-state index in [1.165, 1.54) is 0 Å². The number of hydrogen-bond donors (Lipinski definition) is 1. The van der Waals surface area contributed by atoms with Crippen molar-refractivity contribution in [1.29, 1.82) is 0 Å². The molecule has 0 aliphatic rings. The van der Waals surface area contributed by atoms with E-state index in [2.05, 4.69) is 15.9 Å². The van der Waals surface area contributed by atoms with Crippen LogP contribution in [0.3, 0.4) is 0 Å². The quantitative estimate of drug-likeness (QED) is 0.907. The summed E-state index contributed by atoms with van der Waals surface area (Å²) in [7, 11) is 0. The smallest absolute Gasteiger partial charge is 0.341 e. The molecule has 3 nitrogen and oxygen atoms in total. The maximum atomic E-state index is 10.3. The monoisotopic (exact) mass is 258 g/mol. The highest BCUT2D eigenvalue weighted by atomic mass is 79.9. The summed E-state index contributed by atoms with van der Waals surface area (Å²) in [6, 6.07) is 3.66. The number of aliphatic carboxylic acids is 1. The molecule has 1 aromatic carbocycles. The molecule has 76 valence electrons. The molecule has 0 aliphatic heterocycles. The molecule has 0 bridgehead atoms. The lowest BCUT2D eigenvalue weighted by atomic mass is 10.1. The second kappa shape index (κ2) is 4.46. The van der Waals surface area contributed by atoms with Crippen LogP contribution in [0.25, 0.3) is 0 Å². The lowest BCUT2D eigenvalue weighted by Crippen LogP contribution is -2.09. The fraction of sp³-hybridized carbons (Fsp3) is 0.300. The van der Waals surface area contributed by atoms with E-state index in [4.69, 9.17) is 9.84 Å². The molecular formula is C10H11BrO3. The number of carboxylic acid groups (broad SMARTS) is 1. The van der Waals surface area contributed by atoms with E-state index >= 15 is 0 Å². The highest BCUT2D eigenvalue weighted by Crippen LogP contribution is 2.30. The predicted octanol–water partition coefficient (Wildman–Crippen LogP) is 2.53. The van der Waals surface area contributed by atoms with Gasteiger partial charge in [0, 0.05) is 0 Å². The maximum absolute atomic E-state index is 10.3. The van der Waals surface area contributed by atoms with E-state index in [1.54, 1.807) is 6.07 Å². The average Bonchev–Trinajstić information content (AvgIpc) is 2.13. The Balaban J connectivity index is 2.88. The van der Waals surface area contributed by atoms with Crippen LogP contribution in [0.2, 0.25) is 0 Å². The highest BCUT2D eigenvalue weighted by Gasteiger charge is 2.07. The van der Waals surface area contributed by atoms with Crippen LogP contribution in [0.5, 0.6) is 5.75 Å². The third-order valence-electron chi connectivity index (χ3n) is 1.97. The molecule has 0 saturated carbocycles. The molecule has 0 amide bonds. The molecule has 0 atom stereocenters. The van der Waals surface area contributed by atoms with Crippen molar-refractivity contribution in [2.24, 2.45) is 0 Å². The molecular weight excluding hydrogens is 248 g/mol. The Morgan fingerprint density at radius 1 is 1.50 bits per heavy atom. The minimum Gasteiger partial charge on any atom is -0.481 e. The molecule has 1 N–H and O–H groups in total. The first kappa shape index (κ1) is 11.0. The van der Waals surface area contributed by atoms with Gasteiger partial charge in [-0.3, -0.25) is 0 Å². The second-order valence-electron chi connectivity index (χ2n) is 3.00. The number of aryl methyl sites for hydroxylation is 1. The summed E-state index contributed by atoms with van der Waals surface area (Å²) in [4.78, 5) is 10.3. The summed E-state index contributed by atoms with van der Waals surface area (Å²) in [5.41, 5.74) is 2.20. The Labute approximate surface area is 90.8 Å². The van der Waals surface area contributed by atoms with Gasteiger partial charge in [-0.1, -0.05) is 6.07 Å². The normalized spacial score (nSPS) is 9.93. The number of benzene rings is 1. The Bertz CT molecular complexity index is 361. The fourth-order valence-corrected chi connectivity index (χ4v) is 1.57. The van der Waals surface area contributed by atoms with Gasteiger partial charge in [-0.05, 0) is 47.0 Å². The summed E-state index contributed by atoms with van der Waals surface area (Å²) < 4.78 is 5.91. The first-order valence-electron chi connectivity index (χ1n) is 4.12. The van der Waals surface area contributed by atoms with Gasteiger partial charge in [0.1, 0.15) is 5.75 Å². The van der Waals surface area contributed by atoms with E-state index in [-0.39, 0.29) is 6.61 Å². The standard InChI is InChI=1S/C10H11BrO3/c1-6-3-4-8(10(11)7(6)2)14-5-9(12)13/h3-4H,5H2,1-2H3,(H,12,13). The maximum Gasteiger partial charge on any atom is 0.341 e. The molecule has 0 aromatic heterocycles. The van der Waals surface area contributed by atoms with Crippen molar-refractivity contribution in [3.8, 4) is 5.75 Å². The zero-order valence-electron chi connectivity index (χ0n) is 8.00. The lowest BCUT2D eigenvalue weighted by molar-refractivity contribution is -0.139. The minimum atomic E-state index is -0.977. The summed E-state index contributed by atoms with van der Waals surface area (Å²) >= 11 is 3.36. The second-order valence-corrected chi connectivity index (χ2v) is 3.79. The van der Waals surface area contributed by atoms with Gasteiger partial charge >= 0.3 is 5.97 Å². The SMILES string of the molecule is Cc1ccc(OCC(=O)O)c(Br)c1C. The largest absolute Gasteiger partial charge is 0.481 e. The Hall–Kier alpha value is -1.03. The molecule has 0 radical (unpaired) electrons. The Kier molecular flexibility index (Phi) is 3.52. The molecule has 1 rings (SSSR count). The molecule has 0 saturated heterocycles. The van der Waals surface area contributed by atoms with Crippen molar-refractivity contribution < 1.29 is 14.6 Å². The van der Waals surface area contributed by atoms with E-state index < -0.39 is 5.97 Å². The van der Waals surface area contributed by atoms with Gasteiger partial charge in [0.25, 0.3) is 0 Å². The van der Waals surface area contributed by atoms with E-state index in [1.807, 2.05) is 19.9 Å². The van der Waals surface area contributed by atoms with Crippen LogP contribution < -0.4 is 4.74 Å². The van der Waals surface area contributed by atoms with E-state index in [9.17, 15) is 4.79 Å². The zero-order valence-corrected chi connectivity index (χ0v) is 9.59. The van der Waals surface area contributed by atoms with Crippen LogP contribution in [0.15, 0.2) is 16.6 Å². The van der Waals surface area contributed by atoms with Crippen molar-refractivity contribution in [3.05, 3.63) is 27.7 Å². The van der Waals surface area contributed by atoms with Crippen LogP contribution >= 0.6 is 15.9 Å². The minimum absolute atomic E-state index is 0.318. The summed E-state index contributed by atoms with van der Waals surface area (Å²) in [5, 5.41) is 8.45.